The van der Waals surface area contributed by atoms with E-state index in [1.807, 2.05) is 29.2 Å². The maximum absolute atomic E-state index is 12.1. The average molecular weight is 416 g/mol. The molecule has 3 rings (SSSR count). The Morgan fingerprint density at radius 2 is 1.90 bits per heavy atom. The summed E-state index contributed by atoms with van der Waals surface area (Å²) in [4.78, 5) is 36.7. The molecule has 4 N–H and O–H groups in total. The molecule has 9 heteroatoms. The van der Waals surface area contributed by atoms with E-state index < -0.39 is 6.03 Å². The van der Waals surface area contributed by atoms with Crippen LogP contribution in [0.3, 0.4) is 0 Å². The van der Waals surface area contributed by atoms with Gasteiger partial charge in [-0.3, -0.25) is 9.59 Å². The van der Waals surface area contributed by atoms with Crippen LogP contribution in [0, 0.1) is 0 Å². The second-order valence-corrected chi connectivity index (χ2v) is 7.03. The molecule has 8 nitrogen and oxygen atoms in total. The lowest BCUT2D eigenvalue weighted by Crippen LogP contribution is -2.47. The third-order valence-electron chi connectivity index (χ3n) is 4.33. The highest BCUT2D eigenvalue weighted by molar-refractivity contribution is 6.34. The van der Waals surface area contributed by atoms with Crippen molar-refractivity contribution >= 4 is 46.5 Å². The van der Waals surface area contributed by atoms with Crippen LogP contribution in [-0.2, 0) is 16.1 Å². The number of piperazine rings is 1. The topological polar surface area (TPSA) is 103 Å². The first-order valence-electron chi connectivity index (χ1n) is 9.13. The number of nitrogens with one attached hydrogen (secondary N) is 4. The molecule has 0 spiro atoms. The molecule has 0 aliphatic carbocycles. The summed E-state index contributed by atoms with van der Waals surface area (Å²) >= 11 is 6.15. The summed E-state index contributed by atoms with van der Waals surface area (Å²) < 4.78 is 0. The first kappa shape index (κ1) is 20.5. The fourth-order valence-corrected chi connectivity index (χ4v) is 3.16. The van der Waals surface area contributed by atoms with Crippen LogP contribution in [0.4, 0.5) is 21.9 Å². The Morgan fingerprint density at radius 1 is 1.14 bits per heavy atom. The molecule has 0 radical (unpaired) electrons. The van der Waals surface area contributed by atoms with E-state index in [4.69, 9.17) is 11.6 Å². The summed E-state index contributed by atoms with van der Waals surface area (Å²) in [6.07, 6.45) is 0. The summed E-state index contributed by atoms with van der Waals surface area (Å²) in [5, 5.41) is 11.2. The van der Waals surface area contributed by atoms with Gasteiger partial charge in [0.25, 0.3) is 0 Å². The van der Waals surface area contributed by atoms with Crippen LogP contribution in [0.1, 0.15) is 12.5 Å². The molecular formula is C20H22ClN5O3. The molecule has 2 aromatic rings. The van der Waals surface area contributed by atoms with E-state index in [2.05, 4.69) is 21.3 Å². The van der Waals surface area contributed by atoms with E-state index in [1.54, 1.807) is 18.2 Å². The van der Waals surface area contributed by atoms with Gasteiger partial charge in [-0.1, -0.05) is 23.7 Å². The minimum atomic E-state index is -0.393. The van der Waals surface area contributed by atoms with Crippen LogP contribution < -0.4 is 26.2 Å². The lowest BCUT2D eigenvalue weighted by molar-refractivity contribution is -0.120. The van der Waals surface area contributed by atoms with Gasteiger partial charge in [0.15, 0.2) is 0 Å². The van der Waals surface area contributed by atoms with Gasteiger partial charge in [-0.15, -0.1) is 0 Å². The number of rotatable bonds is 5. The molecule has 1 aliphatic heterocycles. The predicted molar refractivity (Wildman–Crippen MR) is 113 cm³/mol. The van der Waals surface area contributed by atoms with Crippen molar-refractivity contribution in [3.05, 3.63) is 53.1 Å². The van der Waals surface area contributed by atoms with Gasteiger partial charge in [0, 0.05) is 37.9 Å². The summed E-state index contributed by atoms with van der Waals surface area (Å²) in [5.41, 5.74) is 2.90. The maximum atomic E-state index is 12.1. The second kappa shape index (κ2) is 9.29. The molecule has 0 unspecified atom stereocenters. The number of anilines is 3. The quantitative estimate of drug-likeness (QED) is 0.602. The highest BCUT2D eigenvalue weighted by Gasteiger charge is 2.16. The van der Waals surface area contributed by atoms with Crippen molar-refractivity contribution in [3.8, 4) is 0 Å². The van der Waals surface area contributed by atoms with Crippen molar-refractivity contribution in [1.29, 1.82) is 0 Å². The second-order valence-electron chi connectivity index (χ2n) is 6.62. The van der Waals surface area contributed by atoms with Crippen LogP contribution in [0.15, 0.2) is 42.5 Å². The molecule has 0 bridgehead atoms. The van der Waals surface area contributed by atoms with E-state index in [9.17, 15) is 14.4 Å². The van der Waals surface area contributed by atoms with Gasteiger partial charge in [0.1, 0.15) is 0 Å². The summed E-state index contributed by atoms with van der Waals surface area (Å²) in [6.45, 7) is 3.50. The number of hydrogen-bond donors (Lipinski definition) is 4. The zero-order valence-electron chi connectivity index (χ0n) is 15.9. The van der Waals surface area contributed by atoms with E-state index >= 15 is 0 Å². The van der Waals surface area contributed by atoms with Gasteiger partial charge in [0.05, 0.1) is 17.3 Å². The summed E-state index contributed by atoms with van der Waals surface area (Å²) in [7, 11) is 0. The third-order valence-corrected chi connectivity index (χ3v) is 4.64. The molecule has 0 aromatic heterocycles. The molecule has 2 aromatic carbocycles. The largest absolute Gasteiger partial charge is 0.360 e. The van der Waals surface area contributed by atoms with Crippen LogP contribution in [0.5, 0.6) is 0 Å². The molecule has 152 valence electrons. The van der Waals surface area contributed by atoms with Crippen LogP contribution in [0.2, 0.25) is 5.02 Å². The number of benzene rings is 2. The van der Waals surface area contributed by atoms with Gasteiger partial charge in [-0.25, -0.2) is 4.79 Å². The normalized spacial score (nSPS) is 13.4. The number of halogens is 1. The minimum absolute atomic E-state index is 0.0161. The zero-order chi connectivity index (χ0) is 20.8. The average Bonchev–Trinajstić information content (AvgIpc) is 2.68. The molecule has 29 heavy (non-hydrogen) atoms. The fraction of sp³-hybridized carbons (Fsp3) is 0.250. The highest BCUT2D eigenvalue weighted by atomic mass is 35.5. The molecule has 0 saturated carbocycles. The van der Waals surface area contributed by atoms with Crippen LogP contribution >= 0.6 is 11.6 Å². The number of carbonyl (C=O) groups is 3. The van der Waals surface area contributed by atoms with Gasteiger partial charge >= 0.3 is 6.03 Å². The van der Waals surface area contributed by atoms with Gasteiger partial charge in [0.2, 0.25) is 11.8 Å². The maximum Gasteiger partial charge on any atom is 0.319 e. The van der Waals surface area contributed by atoms with Gasteiger partial charge in [-0.2, -0.15) is 0 Å². The Kier molecular flexibility index (Phi) is 6.56. The molecule has 1 fully saturated rings. The Morgan fingerprint density at radius 3 is 2.55 bits per heavy atom. The van der Waals surface area contributed by atoms with E-state index in [0.29, 0.717) is 36.0 Å². The van der Waals surface area contributed by atoms with Crippen LogP contribution in [-0.4, -0.2) is 37.5 Å². The Bertz CT molecular complexity index is 917. The van der Waals surface area contributed by atoms with Crippen molar-refractivity contribution in [1.82, 2.24) is 10.6 Å². The first-order valence-corrected chi connectivity index (χ1v) is 9.51. The smallest absolute Gasteiger partial charge is 0.319 e. The minimum Gasteiger partial charge on any atom is -0.360 e. The standard InChI is InChI=1S/C20H22ClN5O3/c1-13(27)24-15-4-7-18(17(21)10-15)25-20(29)23-11-14-2-5-16(6-3-14)26-9-8-22-19(28)12-26/h2-7,10H,8-9,11-12H2,1H3,(H,22,28)(H,24,27)(H2,23,25,29). The molecule has 1 aliphatic rings. The van der Waals surface area contributed by atoms with E-state index in [1.165, 1.54) is 6.92 Å². The molecule has 1 heterocycles. The molecule has 4 amide bonds. The Balaban J connectivity index is 1.51. The lowest BCUT2D eigenvalue weighted by atomic mass is 10.2. The number of urea groups is 1. The van der Waals surface area contributed by atoms with Crippen molar-refractivity contribution in [2.75, 3.05) is 35.2 Å². The summed E-state index contributed by atoms with van der Waals surface area (Å²) in [5.74, 6) is -0.184. The van der Waals surface area contributed by atoms with Crippen molar-refractivity contribution < 1.29 is 14.4 Å². The zero-order valence-corrected chi connectivity index (χ0v) is 16.7. The van der Waals surface area contributed by atoms with Crippen molar-refractivity contribution in [3.63, 3.8) is 0 Å². The van der Waals surface area contributed by atoms with Gasteiger partial charge < -0.3 is 26.2 Å². The number of carbonyl (C=O) groups excluding carboxylic acids is 3. The summed E-state index contributed by atoms with van der Waals surface area (Å²) in [6, 6.07) is 12.2. The Labute approximate surface area is 173 Å². The fourth-order valence-electron chi connectivity index (χ4n) is 2.93. The predicted octanol–water partition coefficient (Wildman–Crippen LogP) is 2.56. The highest BCUT2D eigenvalue weighted by Crippen LogP contribution is 2.25. The third kappa shape index (κ3) is 5.86. The number of hydrogen-bond acceptors (Lipinski definition) is 4. The monoisotopic (exact) mass is 415 g/mol. The molecule has 0 atom stereocenters. The van der Waals surface area contributed by atoms with Crippen molar-refractivity contribution in [2.24, 2.45) is 0 Å². The van der Waals surface area contributed by atoms with Gasteiger partial charge in [-0.05, 0) is 35.9 Å². The number of amides is 4. The van der Waals surface area contributed by atoms with Crippen LogP contribution in [0.25, 0.3) is 0 Å². The molecular weight excluding hydrogens is 394 g/mol. The SMILES string of the molecule is CC(=O)Nc1ccc(NC(=O)NCc2ccc(N3CCNC(=O)C3)cc2)c(Cl)c1. The number of nitrogens with zero attached hydrogens (tertiary/aromatic N) is 1. The van der Waals surface area contributed by atoms with E-state index in [0.717, 1.165) is 17.8 Å². The van der Waals surface area contributed by atoms with E-state index in [-0.39, 0.29) is 11.8 Å². The Hall–Kier alpha value is -3.26. The first-order chi connectivity index (χ1) is 13.9. The lowest BCUT2D eigenvalue weighted by Gasteiger charge is -2.28. The molecule has 1 saturated heterocycles. The van der Waals surface area contributed by atoms with Crippen molar-refractivity contribution in [2.45, 2.75) is 13.5 Å².